The van der Waals surface area contributed by atoms with Gasteiger partial charge in [-0.2, -0.15) is 0 Å². The molecule has 0 aliphatic carbocycles. The summed E-state index contributed by atoms with van der Waals surface area (Å²) in [7, 11) is 0. The maximum absolute atomic E-state index is 13.9. The molecule has 1 aliphatic rings. The van der Waals surface area contributed by atoms with Crippen molar-refractivity contribution >= 4 is 29.3 Å². The van der Waals surface area contributed by atoms with Gasteiger partial charge in [0.2, 0.25) is 11.8 Å². The fourth-order valence-corrected chi connectivity index (χ4v) is 4.05. The Hall–Kier alpha value is -4.16. The average molecular weight is 547 g/mol. The Morgan fingerprint density at radius 2 is 1.97 bits per heavy atom. The highest BCUT2D eigenvalue weighted by Crippen LogP contribution is 2.22. The third-order valence-corrected chi connectivity index (χ3v) is 6.19. The number of nitrogens with zero attached hydrogens (tertiary/aromatic N) is 3. The molecule has 2 heterocycles. The fraction of sp³-hybridized carbons (Fsp3) is 0.240. The first-order valence-corrected chi connectivity index (χ1v) is 11.7. The minimum atomic E-state index is -1.08. The molecular weight excluding hydrogens is 526 g/mol. The smallest absolute Gasteiger partial charge is 0.280 e. The summed E-state index contributed by atoms with van der Waals surface area (Å²) in [5, 5.41) is 11.1. The number of aliphatic hydroxyl groups is 1. The van der Waals surface area contributed by atoms with Gasteiger partial charge < -0.3 is 15.2 Å². The van der Waals surface area contributed by atoms with Gasteiger partial charge in [0, 0.05) is 17.2 Å². The number of halogens is 3. The van der Waals surface area contributed by atoms with Crippen LogP contribution in [0, 0.1) is 18.6 Å². The highest BCUT2D eigenvalue weighted by molar-refractivity contribution is 6.31. The summed E-state index contributed by atoms with van der Waals surface area (Å²) in [4.78, 5) is 55.1. The van der Waals surface area contributed by atoms with Crippen LogP contribution in [0.15, 0.2) is 47.5 Å². The summed E-state index contributed by atoms with van der Waals surface area (Å²) in [6, 6.07) is 6.33. The quantitative estimate of drug-likeness (QED) is 0.413. The van der Waals surface area contributed by atoms with Gasteiger partial charge in [0.1, 0.15) is 30.6 Å². The Morgan fingerprint density at radius 3 is 2.68 bits per heavy atom. The molecule has 0 unspecified atom stereocenters. The van der Waals surface area contributed by atoms with Crippen molar-refractivity contribution in [3.8, 4) is 11.6 Å². The topological polar surface area (TPSA) is 131 Å². The summed E-state index contributed by atoms with van der Waals surface area (Å²) < 4.78 is 33.4. The van der Waals surface area contributed by atoms with Gasteiger partial charge in [0.05, 0.1) is 25.3 Å². The van der Waals surface area contributed by atoms with Gasteiger partial charge in [0.15, 0.2) is 5.02 Å². The van der Waals surface area contributed by atoms with Crippen molar-refractivity contribution in [2.45, 2.75) is 26.0 Å². The fourth-order valence-electron chi connectivity index (χ4n) is 3.86. The molecule has 1 saturated heterocycles. The van der Waals surface area contributed by atoms with Crippen LogP contribution in [0.3, 0.4) is 0 Å². The number of hydrogen-bond donors (Lipinski definition) is 2. The lowest BCUT2D eigenvalue weighted by molar-refractivity contribution is -0.139. The molecule has 198 valence electrons. The van der Waals surface area contributed by atoms with Crippen LogP contribution in [0.2, 0.25) is 5.02 Å². The monoisotopic (exact) mass is 546 g/mol. The van der Waals surface area contributed by atoms with E-state index in [1.165, 1.54) is 18.2 Å². The van der Waals surface area contributed by atoms with E-state index in [1.807, 2.05) is 0 Å². The molecule has 3 aromatic rings. The number of nitrogens with one attached hydrogen (secondary N) is 1. The average Bonchev–Trinajstić information content (AvgIpc) is 3.14. The molecule has 10 nitrogen and oxygen atoms in total. The van der Waals surface area contributed by atoms with E-state index in [0.717, 1.165) is 21.9 Å². The number of benzene rings is 2. The number of rotatable bonds is 8. The second kappa shape index (κ2) is 11.1. The van der Waals surface area contributed by atoms with Crippen molar-refractivity contribution in [1.82, 2.24) is 19.8 Å². The molecule has 4 rings (SSSR count). The van der Waals surface area contributed by atoms with Crippen LogP contribution < -0.4 is 15.6 Å². The predicted octanol–water partition coefficient (Wildman–Crippen LogP) is 1.90. The second-order valence-corrected chi connectivity index (χ2v) is 8.78. The number of β-amino-alcohol motifs (C(OH)–C–C–N with tert-alkyl or cyclic N) is 1. The Kier molecular flexibility index (Phi) is 7.83. The first kappa shape index (κ1) is 26.9. The van der Waals surface area contributed by atoms with E-state index in [2.05, 4.69) is 10.3 Å². The zero-order valence-electron chi connectivity index (χ0n) is 19.9. The van der Waals surface area contributed by atoms with Crippen LogP contribution in [-0.2, 0) is 16.2 Å². The predicted molar refractivity (Wildman–Crippen MR) is 130 cm³/mol. The van der Waals surface area contributed by atoms with Gasteiger partial charge in [-0.15, -0.1) is 0 Å². The summed E-state index contributed by atoms with van der Waals surface area (Å²) in [5.74, 6) is -3.62. The van der Waals surface area contributed by atoms with E-state index in [0.29, 0.717) is 11.6 Å². The molecule has 0 spiro atoms. The summed E-state index contributed by atoms with van der Waals surface area (Å²) in [5.41, 5.74) is 0.258. The molecule has 0 radical (unpaired) electrons. The third kappa shape index (κ3) is 5.41. The summed E-state index contributed by atoms with van der Waals surface area (Å²) in [6.07, 6.45) is 0.895. The van der Waals surface area contributed by atoms with Crippen LogP contribution in [-0.4, -0.2) is 56.5 Å². The van der Waals surface area contributed by atoms with E-state index in [4.69, 9.17) is 21.4 Å². The molecule has 1 aromatic heterocycles. The number of hydrogen-bond acceptors (Lipinski definition) is 7. The van der Waals surface area contributed by atoms with Crippen LogP contribution in [0.25, 0.3) is 5.69 Å². The van der Waals surface area contributed by atoms with Gasteiger partial charge in [-0.3, -0.25) is 28.6 Å². The normalized spacial score (nSPS) is 15.2. The molecule has 0 saturated carbocycles. The zero-order chi connectivity index (χ0) is 27.6. The van der Waals surface area contributed by atoms with Crippen LogP contribution >= 0.6 is 11.6 Å². The van der Waals surface area contributed by atoms with Crippen molar-refractivity contribution in [1.29, 1.82) is 0 Å². The largest absolute Gasteiger partial charge is 0.471 e. The van der Waals surface area contributed by atoms with E-state index >= 15 is 0 Å². The number of aromatic nitrogens is 2. The van der Waals surface area contributed by atoms with E-state index < -0.39 is 52.6 Å². The molecular formula is C25H21ClF2N4O6. The van der Waals surface area contributed by atoms with Gasteiger partial charge in [-0.25, -0.2) is 13.8 Å². The summed E-state index contributed by atoms with van der Waals surface area (Å²) >= 11 is 6.17. The molecule has 3 amide bonds. The Bertz CT molecular complexity index is 1500. The zero-order valence-corrected chi connectivity index (χ0v) is 20.7. The minimum Gasteiger partial charge on any atom is -0.471 e. The second-order valence-electron chi connectivity index (χ2n) is 8.40. The van der Waals surface area contributed by atoms with Crippen LogP contribution in [0.1, 0.15) is 27.9 Å². The van der Waals surface area contributed by atoms with E-state index in [9.17, 15) is 28.0 Å². The van der Waals surface area contributed by atoms with Crippen molar-refractivity contribution in [2.24, 2.45) is 0 Å². The van der Waals surface area contributed by atoms with Crippen molar-refractivity contribution in [3.63, 3.8) is 0 Å². The molecule has 0 bridgehead atoms. The lowest BCUT2D eigenvalue weighted by Crippen LogP contribution is -2.42. The number of carbonyl (C=O) groups is 3. The lowest BCUT2D eigenvalue weighted by Gasteiger charge is -2.15. The summed E-state index contributed by atoms with van der Waals surface area (Å²) in [6.45, 7) is 0.784. The third-order valence-electron chi connectivity index (χ3n) is 5.87. The maximum atomic E-state index is 13.9. The molecule has 38 heavy (non-hydrogen) atoms. The number of amides is 3. The minimum absolute atomic E-state index is 0.0323. The molecule has 13 heteroatoms. The SMILES string of the molecule is Cc1ccc(C(=O)N[C@@H]2CC(=O)N(CCO)C2=O)cc1-n1cnc(OCc2ccc(F)cc2F)c(Cl)c1=O. The van der Waals surface area contributed by atoms with E-state index in [1.54, 1.807) is 13.0 Å². The number of imide groups is 1. The number of aryl methyl sites for hydroxylation is 1. The number of likely N-dealkylation sites (tertiary alicyclic amines) is 1. The number of ether oxygens (including phenoxy) is 1. The van der Waals surface area contributed by atoms with Gasteiger partial charge >= 0.3 is 0 Å². The van der Waals surface area contributed by atoms with Gasteiger partial charge in [-0.1, -0.05) is 17.7 Å². The van der Waals surface area contributed by atoms with Gasteiger partial charge in [0.25, 0.3) is 17.4 Å². The lowest BCUT2D eigenvalue weighted by atomic mass is 10.1. The first-order valence-electron chi connectivity index (χ1n) is 11.3. The van der Waals surface area contributed by atoms with E-state index in [-0.39, 0.29) is 42.3 Å². The Labute approximate surface area is 219 Å². The Balaban J connectivity index is 1.54. The van der Waals surface area contributed by atoms with Crippen molar-refractivity contribution in [2.75, 3.05) is 13.2 Å². The first-order chi connectivity index (χ1) is 18.1. The molecule has 1 fully saturated rings. The Morgan fingerprint density at radius 1 is 1.21 bits per heavy atom. The molecule has 1 atom stereocenters. The highest BCUT2D eigenvalue weighted by atomic mass is 35.5. The number of aliphatic hydroxyl groups excluding tert-OH is 1. The number of carbonyl (C=O) groups excluding carboxylic acids is 3. The molecule has 2 N–H and O–H groups in total. The molecule has 1 aliphatic heterocycles. The van der Waals surface area contributed by atoms with Gasteiger partial charge in [-0.05, 0) is 36.8 Å². The maximum Gasteiger partial charge on any atom is 0.280 e. The standard InChI is InChI=1S/C25H21ClF2N4O6/c1-13-2-3-14(22(35)30-18-10-20(34)31(6-7-33)24(18)36)8-19(13)32-12-29-23(21(26)25(32)37)38-11-15-4-5-16(27)9-17(15)28/h2-5,8-9,12,18,33H,6-7,10-11H2,1H3,(H,30,35)/t18-/m1/s1. The highest BCUT2D eigenvalue weighted by Gasteiger charge is 2.39. The van der Waals surface area contributed by atoms with Crippen molar-refractivity contribution in [3.05, 3.63) is 86.4 Å². The van der Waals surface area contributed by atoms with Crippen molar-refractivity contribution < 1.29 is 33.0 Å². The van der Waals surface area contributed by atoms with Crippen LogP contribution in [0.5, 0.6) is 5.88 Å². The van der Waals surface area contributed by atoms with Crippen LogP contribution in [0.4, 0.5) is 8.78 Å². The molecule has 2 aromatic carbocycles.